The van der Waals surface area contributed by atoms with Gasteiger partial charge in [-0.25, -0.2) is 0 Å². The number of aryl methyl sites for hydroxylation is 1. The molecule has 0 amide bonds. The zero-order valence-electron chi connectivity index (χ0n) is 12.4. The standard InChI is InChI=1S/C18H20O2/c1-12(2)20-17-7-5-6-16(10-17)18-11-15(14(4)19)9-8-13(18)3/h5-12H,1-4H3. The van der Waals surface area contributed by atoms with Crippen LogP contribution in [0.5, 0.6) is 5.75 Å². The van der Waals surface area contributed by atoms with Crippen LogP contribution in [0.25, 0.3) is 11.1 Å². The van der Waals surface area contributed by atoms with Crippen LogP contribution < -0.4 is 4.74 Å². The molecule has 2 nitrogen and oxygen atoms in total. The summed E-state index contributed by atoms with van der Waals surface area (Å²) in [6.07, 6.45) is 0.148. The molecule has 2 aromatic rings. The Hall–Kier alpha value is -2.09. The molecule has 0 bridgehead atoms. The molecule has 0 spiro atoms. The Bertz CT molecular complexity index is 627. The fraction of sp³-hybridized carbons (Fsp3) is 0.278. The van der Waals surface area contributed by atoms with Gasteiger partial charge in [0.25, 0.3) is 0 Å². The summed E-state index contributed by atoms with van der Waals surface area (Å²) in [6, 6.07) is 13.8. The fourth-order valence-corrected chi connectivity index (χ4v) is 2.16. The molecule has 0 fully saturated rings. The number of ether oxygens (including phenoxy) is 1. The van der Waals surface area contributed by atoms with E-state index >= 15 is 0 Å². The smallest absolute Gasteiger partial charge is 0.159 e. The van der Waals surface area contributed by atoms with E-state index in [1.165, 1.54) is 0 Å². The summed E-state index contributed by atoms with van der Waals surface area (Å²) >= 11 is 0. The summed E-state index contributed by atoms with van der Waals surface area (Å²) in [6.45, 7) is 7.66. The molecule has 0 aromatic heterocycles. The molecule has 0 aliphatic heterocycles. The van der Waals surface area contributed by atoms with E-state index in [0.29, 0.717) is 0 Å². The summed E-state index contributed by atoms with van der Waals surface area (Å²) in [5, 5.41) is 0. The molecule has 2 rings (SSSR count). The third-order valence-electron chi connectivity index (χ3n) is 3.16. The Labute approximate surface area is 120 Å². The number of hydrogen-bond acceptors (Lipinski definition) is 2. The molecular formula is C18H20O2. The Morgan fingerprint density at radius 1 is 1.10 bits per heavy atom. The average molecular weight is 268 g/mol. The molecular weight excluding hydrogens is 248 g/mol. The van der Waals surface area contributed by atoms with Gasteiger partial charge in [0.15, 0.2) is 5.78 Å². The largest absolute Gasteiger partial charge is 0.491 e. The lowest BCUT2D eigenvalue weighted by molar-refractivity contribution is 0.101. The second-order valence-electron chi connectivity index (χ2n) is 5.28. The number of carbonyl (C=O) groups is 1. The van der Waals surface area contributed by atoms with Crippen LogP contribution in [0.1, 0.15) is 36.7 Å². The number of Topliss-reactive ketones (excluding diaryl/α,β-unsaturated/α-hetero) is 1. The van der Waals surface area contributed by atoms with Crippen LogP contribution in [0, 0.1) is 6.92 Å². The highest BCUT2D eigenvalue weighted by Crippen LogP contribution is 2.28. The molecule has 104 valence electrons. The van der Waals surface area contributed by atoms with E-state index in [4.69, 9.17) is 4.74 Å². The molecule has 0 atom stereocenters. The molecule has 2 aromatic carbocycles. The topological polar surface area (TPSA) is 26.3 Å². The average Bonchev–Trinajstić information content (AvgIpc) is 2.38. The first-order chi connectivity index (χ1) is 9.47. The van der Waals surface area contributed by atoms with Crippen molar-refractivity contribution in [2.24, 2.45) is 0 Å². The first kappa shape index (κ1) is 14.3. The number of rotatable bonds is 4. The van der Waals surface area contributed by atoms with E-state index in [0.717, 1.165) is 28.0 Å². The van der Waals surface area contributed by atoms with Crippen molar-refractivity contribution in [1.29, 1.82) is 0 Å². The lowest BCUT2D eigenvalue weighted by Crippen LogP contribution is -2.05. The van der Waals surface area contributed by atoms with E-state index in [1.54, 1.807) is 6.92 Å². The van der Waals surface area contributed by atoms with Crippen molar-refractivity contribution in [1.82, 2.24) is 0 Å². The van der Waals surface area contributed by atoms with E-state index in [9.17, 15) is 4.79 Å². The van der Waals surface area contributed by atoms with Gasteiger partial charge in [-0.3, -0.25) is 4.79 Å². The summed E-state index contributed by atoms with van der Waals surface area (Å²) in [5.41, 5.74) is 4.04. The minimum atomic E-state index is 0.0841. The van der Waals surface area contributed by atoms with Crippen LogP contribution in [0.15, 0.2) is 42.5 Å². The van der Waals surface area contributed by atoms with Gasteiger partial charge in [0.1, 0.15) is 5.75 Å². The third kappa shape index (κ3) is 3.27. The van der Waals surface area contributed by atoms with Gasteiger partial charge in [0, 0.05) is 5.56 Å². The number of hydrogen-bond donors (Lipinski definition) is 0. The predicted molar refractivity (Wildman–Crippen MR) is 82.4 cm³/mol. The first-order valence-electron chi connectivity index (χ1n) is 6.86. The first-order valence-corrected chi connectivity index (χ1v) is 6.86. The SMILES string of the molecule is CC(=O)c1ccc(C)c(-c2cccc(OC(C)C)c2)c1. The van der Waals surface area contributed by atoms with Crippen molar-refractivity contribution < 1.29 is 9.53 Å². The van der Waals surface area contributed by atoms with E-state index in [2.05, 4.69) is 6.92 Å². The van der Waals surface area contributed by atoms with Gasteiger partial charge in [0.05, 0.1) is 6.10 Å². The molecule has 0 heterocycles. The Balaban J connectivity index is 2.45. The normalized spacial score (nSPS) is 10.7. The number of carbonyl (C=O) groups excluding carboxylic acids is 1. The summed E-state index contributed by atoms with van der Waals surface area (Å²) in [4.78, 5) is 11.5. The van der Waals surface area contributed by atoms with Crippen LogP contribution in [-0.2, 0) is 0 Å². The maximum atomic E-state index is 11.5. The van der Waals surface area contributed by atoms with Gasteiger partial charge in [0.2, 0.25) is 0 Å². The molecule has 0 unspecified atom stereocenters. The van der Waals surface area contributed by atoms with Crippen molar-refractivity contribution >= 4 is 5.78 Å². The Morgan fingerprint density at radius 3 is 2.50 bits per heavy atom. The zero-order chi connectivity index (χ0) is 14.7. The van der Waals surface area contributed by atoms with Crippen LogP contribution >= 0.6 is 0 Å². The molecule has 20 heavy (non-hydrogen) atoms. The van der Waals surface area contributed by atoms with Gasteiger partial charge in [-0.05, 0) is 62.6 Å². The maximum absolute atomic E-state index is 11.5. The molecule has 0 radical (unpaired) electrons. The highest BCUT2D eigenvalue weighted by Gasteiger charge is 2.07. The predicted octanol–water partition coefficient (Wildman–Crippen LogP) is 4.65. The van der Waals surface area contributed by atoms with Crippen LogP contribution in [0.4, 0.5) is 0 Å². The number of ketones is 1. The van der Waals surface area contributed by atoms with E-state index in [1.807, 2.05) is 56.3 Å². The molecule has 0 aliphatic rings. The third-order valence-corrected chi connectivity index (χ3v) is 3.16. The monoisotopic (exact) mass is 268 g/mol. The highest BCUT2D eigenvalue weighted by molar-refractivity contribution is 5.95. The van der Waals surface area contributed by atoms with Gasteiger partial charge in [-0.2, -0.15) is 0 Å². The van der Waals surface area contributed by atoms with Gasteiger partial charge in [-0.1, -0.05) is 24.3 Å². The van der Waals surface area contributed by atoms with Crippen molar-refractivity contribution in [3.05, 3.63) is 53.6 Å². The van der Waals surface area contributed by atoms with Gasteiger partial charge in [-0.15, -0.1) is 0 Å². The van der Waals surface area contributed by atoms with Gasteiger partial charge >= 0.3 is 0 Å². The minimum absolute atomic E-state index is 0.0841. The molecule has 0 saturated carbocycles. The Morgan fingerprint density at radius 2 is 1.85 bits per heavy atom. The second-order valence-corrected chi connectivity index (χ2v) is 5.28. The summed E-state index contributed by atoms with van der Waals surface area (Å²) in [5.74, 6) is 0.936. The van der Waals surface area contributed by atoms with Crippen molar-refractivity contribution in [3.63, 3.8) is 0 Å². The summed E-state index contributed by atoms with van der Waals surface area (Å²) < 4.78 is 5.73. The fourth-order valence-electron chi connectivity index (χ4n) is 2.16. The highest BCUT2D eigenvalue weighted by atomic mass is 16.5. The molecule has 0 aliphatic carbocycles. The quantitative estimate of drug-likeness (QED) is 0.754. The lowest BCUT2D eigenvalue weighted by atomic mass is 9.97. The minimum Gasteiger partial charge on any atom is -0.491 e. The Kier molecular flexibility index (Phi) is 4.23. The van der Waals surface area contributed by atoms with E-state index in [-0.39, 0.29) is 11.9 Å². The maximum Gasteiger partial charge on any atom is 0.159 e. The second kappa shape index (κ2) is 5.91. The number of benzene rings is 2. The molecule has 0 saturated heterocycles. The van der Waals surface area contributed by atoms with Crippen molar-refractivity contribution in [2.75, 3.05) is 0 Å². The van der Waals surface area contributed by atoms with Gasteiger partial charge < -0.3 is 4.74 Å². The van der Waals surface area contributed by atoms with Crippen LogP contribution in [0.3, 0.4) is 0 Å². The molecule has 0 N–H and O–H groups in total. The van der Waals surface area contributed by atoms with Crippen molar-refractivity contribution in [3.8, 4) is 16.9 Å². The van der Waals surface area contributed by atoms with E-state index < -0.39 is 0 Å². The van der Waals surface area contributed by atoms with Crippen molar-refractivity contribution in [2.45, 2.75) is 33.8 Å². The lowest BCUT2D eigenvalue weighted by Gasteiger charge is -2.12. The molecule has 2 heteroatoms. The van der Waals surface area contributed by atoms with Crippen LogP contribution in [0.2, 0.25) is 0 Å². The summed E-state index contributed by atoms with van der Waals surface area (Å²) in [7, 11) is 0. The zero-order valence-corrected chi connectivity index (χ0v) is 12.4. The van der Waals surface area contributed by atoms with Crippen LogP contribution in [-0.4, -0.2) is 11.9 Å².